The van der Waals surface area contributed by atoms with Gasteiger partial charge in [0.1, 0.15) is 0 Å². The molecule has 0 bridgehead atoms. The van der Waals surface area contributed by atoms with Crippen LogP contribution in [-0.2, 0) is 0 Å². The highest BCUT2D eigenvalue weighted by Crippen LogP contribution is 2.30. The third kappa shape index (κ3) is 3.60. The van der Waals surface area contributed by atoms with E-state index in [2.05, 4.69) is 11.3 Å². The quantitative estimate of drug-likeness (QED) is 0.304. The molecule has 74 valence electrons. The lowest BCUT2D eigenvalue weighted by molar-refractivity contribution is 0.459. The van der Waals surface area contributed by atoms with E-state index in [4.69, 9.17) is 12.3 Å². The molecule has 0 spiro atoms. The predicted octanol–water partition coefficient (Wildman–Crippen LogP) is 1.52. The van der Waals surface area contributed by atoms with Gasteiger partial charge in [0.2, 0.25) is 0 Å². The first-order chi connectivity index (χ1) is 6.38. The Morgan fingerprint density at radius 2 is 2.54 bits per heavy atom. The first-order valence-electron chi connectivity index (χ1n) is 4.89. The fraction of sp³-hybridized carbons (Fsp3) is 0.800. The molecule has 0 aromatic rings. The van der Waals surface area contributed by atoms with E-state index >= 15 is 0 Å². The first kappa shape index (κ1) is 10.9. The SMILES string of the molecule is C#CCCCC(NN)C1CCCS1. The maximum Gasteiger partial charge on any atom is 0.0329 e. The summed E-state index contributed by atoms with van der Waals surface area (Å²) < 4.78 is 0. The van der Waals surface area contributed by atoms with Crippen molar-refractivity contribution in [2.24, 2.45) is 5.84 Å². The molecule has 13 heavy (non-hydrogen) atoms. The minimum Gasteiger partial charge on any atom is -0.271 e. The molecular formula is C10H18N2S. The molecule has 0 aliphatic carbocycles. The highest BCUT2D eigenvalue weighted by atomic mass is 32.2. The second-order valence-corrected chi connectivity index (χ2v) is 4.77. The zero-order chi connectivity index (χ0) is 9.52. The van der Waals surface area contributed by atoms with Crippen LogP contribution in [0.2, 0.25) is 0 Å². The lowest BCUT2D eigenvalue weighted by atomic mass is 10.0. The van der Waals surface area contributed by atoms with Crippen LogP contribution < -0.4 is 11.3 Å². The van der Waals surface area contributed by atoms with Crippen LogP contribution in [0.4, 0.5) is 0 Å². The van der Waals surface area contributed by atoms with E-state index in [0.717, 1.165) is 19.3 Å². The Morgan fingerprint density at radius 3 is 3.08 bits per heavy atom. The maximum absolute atomic E-state index is 5.52. The smallest absolute Gasteiger partial charge is 0.0329 e. The van der Waals surface area contributed by atoms with Crippen molar-refractivity contribution in [2.75, 3.05) is 5.75 Å². The lowest BCUT2D eigenvalue weighted by Gasteiger charge is -2.21. The Balaban J connectivity index is 2.21. The van der Waals surface area contributed by atoms with Crippen molar-refractivity contribution >= 4 is 11.8 Å². The summed E-state index contributed by atoms with van der Waals surface area (Å²) in [5, 5.41) is 0.711. The summed E-state index contributed by atoms with van der Waals surface area (Å²) in [4.78, 5) is 0. The lowest BCUT2D eigenvalue weighted by Crippen LogP contribution is -2.41. The van der Waals surface area contributed by atoms with Crippen molar-refractivity contribution in [3.8, 4) is 12.3 Å². The van der Waals surface area contributed by atoms with Crippen LogP contribution >= 0.6 is 11.8 Å². The summed E-state index contributed by atoms with van der Waals surface area (Å²) in [6.07, 6.45) is 10.9. The summed E-state index contributed by atoms with van der Waals surface area (Å²) in [6, 6.07) is 0.459. The monoisotopic (exact) mass is 198 g/mol. The normalized spacial score (nSPS) is 24.2. The Hall–Kier alpha value is -0.170. The molecule has 1 aliphatic rings. The van der Waals surface area contributed by atoms with Crippen molar-refractivity contribution in [1.29, 1.82) is 0 Å². The number of nitrogens with two attached hydrogens (primary N) is 1. The summed E-state index contributed by atoms with van der Waals surface area (Å²) in [5.74, 6) is 9.47. The average molecular weight is 198 g/mol. The molecule has 0 radical (unpaired) electrons. The van der Waals surface area contributed by atoms with Gasteiger partial charge < -0.3 is 0 Å². The molecule has 1 fully saturated rings. The topological polar surface area (TPSA) is 38.0 Å². The van der Waals surface area contributed by atoms with Crippen LogP contribution in [0.25, 0.3) is 0 Å². The number of hydrogen-bond acceptors (Lipinski definition) is 3. The molecule has 1 rings (SSSR count). The zero-order valence-corrected chi connectivity index (χ0v) is 8.78. The number of hydrazine groups is 1. The molecule has 1 saturated heterocycles. The molecule has 1 aliphatic heterocycles. The average Bonchev–Trinajstić information content (AvgIpc) is 2.65. The fourth-order valence-corrected chi connectivity index (χ4v) is 3.14. The standard InChI is InChI=1S/C10H18N2S/c1-2-3-4-6-9(12-11)10-7-5-8-13-10/h1,9-10,12H,3-8,11H2. The minimum absolute atomic E-state index is 0.459. The van der Waals surface area contributed by atoms with Crippen LogP contribution in [0, 0.1) is 12.3 Å². The maximum atomic E-state index is 5.52. The second kappa shape index (κ2) is 6.31. The van der Waals surface area contributed by atoms with Crippen molar-refractivity contribution in [2.45, 2.75) is 43.4 Å². The van der Waals surface area contributed by atoms with E-state index in [-0.39, 0.29) is 0 Å². The molecule has 3 heteroatoms. The first-order valence-corrected chi connectivity index (χ1v) is 5.94. The van der Waals surface area contributed by atoms with Crippen LogP contribution in [0.15, 0.2) is 0 Å². The predicted molar refractivity (Wildman–Crippen MR) is 59.3 cm³/mol. The Labute approximate surface area is 85.0 Å². The van der Waals surface area contributed by atoms with Gasteiger partial charge >= 0.3 is 0 Å². The fourth-order valence-electron chi connectivity index (χ4n) is 1.72. The number of hydrogen-bond donors (Lipinski definition) is 2. The van der Waals surface area contributed by atoms with Crippen molar-refractivity contribution < 1.29 is 0 Å². The van der Waals surface area contributed by atoms with Gasteiger partial charge in [0.15, 0.2) is 0 Å². The van der Waals surface area contributed by atoms with E-state index in [1.165, 1.54) is 18.6 Å². The largest absolute Gasteiger partial charge is 0.271 e. The van der Waals surface area contributed by atoms with Crippen LogP contribution in [0.1, 0.15) is 32.1 Å². The van der Waals surface area contributed by atoms with E-state index < -0.39 is 0 Å². The second-order valence-electron chi connectivity index (χ2n) is 3.42. The van der Waals surface area contributed by atoms with E-state index in [9.17, 15) is 0 Å². The molecule has 0 aromatic heterocycles. The van der Waals surface area contributed by atoms with Gasteiger partial charge in [0.05, 0.1) is 0 Å². The van der Waals surface area contributed by atoms with Gasteiger partial charge in [-0.1, -0.05) is 0 Å². The van der Waals surface area contributed by atoms with Gasteiger partial charge in [-0.15, -0.1) is 12.3 Å². The third-order valence-electron chi connectivity index (χ3n) is 2.46. The van der Waals surface area contributed by atoms with Gasteiger partial charge in [-0.05, 0) is 31.4 Å². The number of unbranched alkanes of at least 4 members (excludes halogenated alkanes) is 1. The van der Waals surface area contributed by atoms with Crippen LogP contribution in [-0.4, -0.2) is 17.0 Å². The van der Waals surface area contributed by atoms with Gasteiger partial charge in [-0.2, -0.15) is 11.8 Å². The van der Waals surface area contributed by atoms with Crippen molar-refractivity contribution in [1.82, 2.24) is 5.43 Å². The molecule has 0 amide bonds. The number of terminal acetylenes is 1. The molecule has 2 atom stereocenters. The summed E-state index contributed by atoms with van der Waals surface area (Å²) in [7, 11) is 0. The molecule has 1 heterocycles. The van der Waals surface area contributed by atoms with Gasteiger partial charge in [-0.25, -0.2) is 0 Å². The number of thioether (sulfide) groups is 1. The molecule has 2 nitrogen and oxygen atoms in total. The van der Waals surface area contributed by atoms with Crippen molar-refractivity contribution in [3.63, 3.8) is 0 Å². The third-order valence-corrected chi connectivity index (χ3v) is 3.98. The zero-order valence-electron chi connectivity index (χ0n) is 7.96. The summed E-state index contributed by atoms with van der Waals surface area (Å²) >= 11 is 2.04. The van der Waals surface area contributed by atoms with Crippen LogP contribution in [0.5, 0.6) is 0 Å². The van der Waals surface area contributed by atoms with Gasteiger partial charge in [0.25, 0.3) is 0 Å². The van der Waals surface area contributed by atoms with Crippen LogP contribution in [0.3, 0.4) is 0 Å². The number of nitrogens with one attached hydrogen (secondary N) is 1. The minimum atomic E-state index is 0.459. The highest BCUT2D eigenvalue weighted by Gasteiger charge is 2.23. The van der Waals surface area contributed by atoms with E-state index in [1.807, 2.05) is 11.8 Å². The van der Waals surface area contributed by atoms with E-state index in [0.29, 0.717) is 11.3 Å². The Morgan fingerprint density at radius 1 is 1.69 bits per heavy atom. The Bertz CT molecular complexity index is 170. The molecule has 0 saturated carbocycles. The van der Waals surface area contributed by atoms with Crippen molar-refractivity contribution in [3.05, 3.63) is 0 Å². The molecule has 2 unspecified atom stereocenters. The van der Waals surface area contributed by atoms with Gasteiger partial charge in [0, 0.05) is 17.7 Å². The molecule has 3 N–H and O–H groups in total. The highest BCUT2D eigenvalue weighted by molar-refractivity contribution is 8.00. The number of rotatable bonds is 5. The summed E-state index contributed by atoms with van der Waals surface area (Å²) in [6.45, 7) is 0. The Kier molecular flexibility index (Phi) is 5.29. The molecular weight excluding hydrogens is 180 g/mol. The molecule has 0 aromatic carbocycles. The van der Waals surface area contributed by atoms with E-state index in [1.54, 1.807) is 0 Å². The van der Waals surface area contributed by atoms with Gasteiger partial charge in [-0.3, -0.25) is 11.3 Å². The summed E-state index contributed by atoms with van der Waals surface area (Å²) in [5.41, 5.74) is 2.91.